The molecule has 0 unspecified atom stereocenters. The van der Waals surface area contributed by atoms with Gasteiger partial charge in [0.15, 0.2) is 23.9 Å². The minimum absolute atomic E-state index is 0.220. The third kappa shape index (κ3) is 5.54. The molecule has 0 atom stereocenters. The van der Waals surface area contributed by atoms with E-state index in [9.17, 15) is 0 Å². The molecule has 126 valence electrons. The molecule has 0 radical (unpaired) electrons. The van der Waals surface area contributed by atoms with Gasteiger partial charge in [-0.05, 0) is 38.7 Å². The van der Waals surface area contributed by atoms with Gasteiger partial charge in [0.1, 0.15) is 0 Å². The third-order valence-corrected chi connectivity index (χ3v) is 3.21. The summed E-state index contributed by atoms with van der Waals surface area (Å²) in [5.74, 6) is 2.38. The number of aromatic nitrogens is 2. The highest BCUT2D eigenvalue weighted by Gasteiger charge is 2.09. The van der Waals surface area contributed by atoms with Crippen molar-refractivity contribution in [2.45, 2.75) is 20.1 Å². The smallest absolute Gasteiger partial charge is 0.264 e. The molecule has 1 aromatic heterocycles. The number of nitrogens with zero attached hydrogens (tertiary/aromatic N) is 3. The Balaban J connectivity index is 1.90. The van der Waals surface area contributed by atoms with Crippen molar-refractivity contribution in [1.29, 1.82) is 0 Å². The van der Waals surface area contributed by atoms with E-state index in [1.165, 1.54) is 0 Å². The van der Waals surface area contributed by atoms with Gasteiger partial charge >= 0.3 is 0 Å². The zero-order valence-electron chi connectivity index (χ0n) is 14.1. The van der Waals surface area contributed by atoms with Crippen LogP contribution < -0.4 is 14.8 Å². The summed E-state index contributed by atoms with van der Waals surface area (Å²) >= 11 is 0. The molecule has 2 rings (SSSR count). The maximum Gasteiger partial charge on any atom is 0.264 e. The number of hydrogen-bond donors (Lipinski definition) is 1. The number of ether oxygens (including phenoxy) is 2. The molecule has 1 heterocycles. The largest absolute Gasteiger partial charge is 0.493 e. The van der Waals surface area contributed by atoms with Gasteiger partial charge in [0.25, 0.3) is 5.89 Å². The quantitative estimate of drug-likeness (QED) is 0.704. The Morgan fingerprint density at radius 2 is 2.09 bits per heavy atom. The number of likely N-dealkylation sites (N-methyl/N-ethyl adjacent to an activating group) is 1. The first-order chi connectivity index (χ1) is 11.1. The monoisotopic (exact) mass is 320 g/mol. The van der Waals surface area contributed by atoms with Gasteiger partial charge in [0, 0.05) is 19.6 Å². The first-order valence-electron chi connectivity index (χ1n) is 7.53. The van der Waals surface area contributed by atoms with Crippen molar-refractivity contribution >= 4 is 0 Å². The van der Waals surface area contributed by atoms with Crippen LogP contribution in [0.25, 0.3) is 0 Å². The van der Waals surface area contributed by atoms with E-state index < -0.39 is 0 Å². The fourth-order valence-electron chi connectivity index (χ4n) is 2.01. The molecule has 0 aliphatic carbocycles. The molecular weight excluding hydrogens is 296 g/mol. The van der Waals surface area contributed by atoms with Crippen molar-refractivity contribution in [3.8, 4) is 11.5 Å². The number of nitrogens with one attached hydrogen (secondary N) is 1. The second-order valence-electron chi connectivity index (χ2n) is 5.49. The lowest BCUT2D eigenvalue weighted by Gasteiger charge is -2.13. The van der Waals surface area contributed by atoms with Crippen LogP contribution in [0.15, 0.2) is 22.7 Å². The van der Waals surface area contributed by atoms with Crippen molar-refractivity contribution in [3.63, 3.8) is 0 Å². The van der Waals surface area contributed by atoms with E-state index in [1.807, 2.05) is 18.2 Å². The summed E-state index contributed by atoms with van der Waals surface area (Å²) in [5, 5.41) is 7.12. The Morgan fingerprint density at radius 3 is 2.74 bits per heavy atom. The minimum Gasteiger partial charge on any atom is -0.493 e. The first kappa shape index (κ1) is 17.2. The van der Waals surface area contributed by atoms with Crippen LogP contribution >= 0.6 is 0 Å². The van der Waals surface area contributed by atoms with Crippen molar-refractivity contribution < 1.29 is 14.0 Å². The molecule has 23 heavy (non-hydrogen) atoms. The van der Waals surface area contributed by atoms with E-state index in [1.54, 1.807) is 14.0 Å². The maximum absolute atomic E-state index is 5.69. The number of rotatable bonds is 9. The highest BCUT2D eigenvalue weighted by Crippen LogP contribution is 2.28. The molecule has 2 aromatic rings. The highest BCUT2D eigenvalue weighted by atomic mass is 16.5. The van der Waals surface area contributed by atoms with Crippen LogP contribution in [-0.4, -0.2) is 49.3 Å². The Hall–Kier alpha value is -2.12. The van der Waals surface area contributed by atoms with Gasteiger partial charge in [0.05, 0.1) is 7.11 Å². The molecule has 0 aliphatic heterocycles. The van der Waals surface area contributed by atoms with Crippen LogP contribution in [0.5, 0.6) is 11.5 Å². The summed E-state index contributed by atoms with van der Waals surface area (Å²) in [4.78, 5) is 6.25. The van der Waals surface area contributed by atoms with E-state index in [4.69, 9.17) is 14.0 Å². The number of aryl methyl sites for hydroxylation is 1. The average Bonchev–Trinajstić information content (AvgIpc) is 2.95. The van der Waals surface area contributed by atoms with Crippen molar-refractivity contribution in [1.82, 2.24) is 20.4 Å². The van der Waals surface area contributed by atoms with Gasteiger partial charge in [-0.3, -0.25) is 0 Å². The van der Waals surface area contributed by atoms with E-state index in [0.717, 1.165) is 25.2 Å². The fourth-order valence-corrected chi connectivity index (χ4v) is 2.01. The van der Waals surface area contributed by atoms with Gasteiger partial charge in [-0.1, -0.05) is 11.2 Å². The van der Waals surface area contributed by atoms with Crippen molar-refractivity contribution in [2.24, 2.45) is 0 Å². The molecule has 0 aliphatic rings. The number of benzene rings is 1. The normalized spacial score (nSPS) is 11.0. The van der Waals surface area contributed by atoms with E-state index in [2.05, 4.69) is 34.5 Å². The van der Waals surface area contributed by atoms with Gasteiger partial charge < -0.3 is 24.2 Å². The summed E-state index contributed by atoms with van der Waals surface area (Å²) in [5.41, 5.74) is 1.14. The zero-order valence-corrected chi connectivity index (χ0v) is 14.1. The Kier molecular flexibility index (Phi) is 6.37. The molecule has 1 N–H and O–H groups in total. The summed E-state index contributed by atoms with van der Waals surface area (Å²) < 4.78 is 16.1. The van der Waals surface area contributed by atoms with Crippen LogP contribution in [0.1, 0.15) is 17.3 Å². The van der Waals surface area contributed by atoms with E-state index >= 15 is 0 Å². The van der Waals surface area contributed by atoms with Crippen LogP contribution in [0.2, 0.25) is 0 Å². The van der Waals surface area contributed by atoms with E-state index in [0.29, 0.717) is 23.2 Å². The molecule has 7 nitrogen and oxygen atoms in total. The molecular formula is C16H24N4O3. The van der Waals surface area contributed by atoms with Crippen LogP contribution in [0.3, 0.4) is 0 Å². The van der Waals surface area contributed by atoms with Crippen LogP contribution in [0.4, 0.5) is 0 Å². The summed E-state index contributed by atoms with van der Waals surface area (Å²) in [6, 6.07) is 5.88. The first-order valence-corrected chi connectivity index (χ1v) is 7.53. The van der Waals surface area contributed by atoms with Crippen molar-refractivity contribution in [2.75, 3.05) is 34.3 Å². The topological polar surface area (TPSA) is 72.7 Å². The van der Waals surface area contributed by atoms with Crippen LogP contribution in [0, 0.1) is 6.92 Å². The lowest BCUT2D eigenvalue weighted by molar-refractivity contribution is 0.233. The highest BCUT2D eigenvalue weighted by molar-refractivity contribution is 5.42. The molecule has 0 fully saturated rings. The molecule has 1 aromatic carbocycles. The fraction of sp³-hybridized carbons (Fsp3) is 0.500. The standard InChI is InChI=1S/C16H24N4O3/c1-12-18-16(23-19-12)11-22-14-6-5-13(9-15(14)21-4)10-17-7-8-20(2)3/h5-6,9,17H,7-8,10-11H2,1-4H3. The van der Waals surface area contributed by atoms with Crippen LogP contribution in [-0.2, 0) is 13.2 Å². The number of methoxy groups -OCH3 is 1. The number of hydrogen-bond acceptors (Lipinski definition) is 7. The summed E-state index contributed by atoms with van der Waals surface area (Å²) in [7, 11) is 5.74. The molecule has 0 bridgehead atoms. The zero-order chi connectivity index (χ0) is 16.7. The third-order valence-electron chi connectivity index (χ3n) is 3.21. The predicted molar refractivity (Wildman–Crippen MR) is 86.6 cm³/mol. The SMILES string of the molecule is COc1cc(CNCCN(C)C)ccc1OCc1nc(C)no1. The summed E-state index contributed by atoms with van der Waals surface area (Å²) in [6.45, 7) is 4.71. The lowest BCUT2D eigenvalue weighted by Crippen LogP contribution is -2.26. The lowest BCUT2D eigenvalue weighted by atomic mass is 10.2. The molecule has 0 amide bonds. The van der Waals surface area contributed by atoms with Gasteiger partial charge in [-0.2, -0.15) is 4.98 Å². The summed E-state index contributed by atoms with van der Waals surface area (Å²) in [6.07, 6.45) is 0. The Bertz CT molecular complexity index is 613. The average molecular weight is 320 g/mol. The van der Waals surface area contributed by atoms with Crippen molar-refractivity contribution in [3.05, 3.63) is 35.5 Å². The maximum atomic E-state index is 5.69. The molecule has 0 spiro atoms. The predicted octanol–water partition coefficient (Wildman–Crippen LogP) is 1.62. The van der Waals surface area contributed by atoms with Gasteiger partial charge in [0.2, 0.25) is 0 Å². The van der Waals surface area contributed by atoms with Gasteiger partial charge in [-0.25, -0.2) is 0 Å². The molecule has 0 saturated carbocycles. The second kappa shape index (κ2) is 8.50. The molecule has 7 heteroatoms. The van der Waals surface area contributed by atoms with Gasteiger partial charge in [-0.15, -0.1) is 0 Å². The molecule has 0 saturated heterocycles. The second-order valence-corrected chi connectivity index (χ2v) is 5.49. The Morgan fingerprint density at radius 1 is 1.26 bits per heavy atom. The Labute approximate surface area is 136 Å². The minimum atomic E-state index is 0.220. The van der Waals surface area contributed by atoms with E-state index in [-0.39, 0.29) is 6.61 Å².